The smallest absolute Gasteiger partial charge is 0.0469 e. The van der Waals surface area contributed by atoms with E-state index in [0.717, 1.165) is 25.7 Å². The molecular weight excluding hydrogens is 313 g/mol. The zero-order chi connectivity index (χ0) is 11.4. The van der Waals surface area contributed by atoms with E-state index in [0.29, 0.717) is 0 Å². The van der Waals surface area contributed by atoms with Gasteiger partial charge in [0.15, 0.2) is 0 Å². The Morgan fingerprint density at radius 2 is 2.12 bits per heavy atom. The molecule has 1 N–H and O–H groups in total. The first-order chi connectivity index (χ1) is 7.77. The summed E-state index contributed by atoms with van der Waals surface area (Å²) in [6.45, 7) is 5.10. The van der Waals surface area contributed by atoms with Crippen LogP contribution in [0.3, 0.4) is 0 Å². The van der Waals surface area contributed by atoms with Gasteiger partial charge in [-0.2, -0.15) is 0 Å². The number of halogens is 1. The fourth-order valence-corrected chi connectivity index (χ4v) is 2.50. The first-order valence-electron chi connectivity index (χ1n) is 5.84. The van der Waals surface area contributed by atoms with Crippen LogP contribution in [0.4, 0.5) is 5.69 Å². The van der Waals surface area contributed by atoms with Crippen LogP contribution in [-0.2, 0) is 4.74 Å². The predicted molar refractivity (Wildman–Crippen MR) is 75.9 cm³/mol. The summed E-state index contributed by atoms with van der Waals surface area (Å²) < 4.78 is 6.69. The molecule has 0 saturated carbocycles. The lowest BCUT2D eigenvalue weighted by atomic mass is 10.0. The fourth-order valence-electron chi connectivity index (χ4n) is 2.00. The summed E-state index contributed by atoms with van der Waals surface area (Å²) in [4.78, 5) is 0. The fraction of sp³-hybridized carbons (Fsp3) is 0.538. The number of ether oxygens (including phenoxy) is 1. The molecule has 1 aliphatic heterocycles. The van der Waals surface area contributed by atoms with Crippen LogP contribution in [0.1, 0.15) is 18.4 Å². The van der Waals surface area contributed by atoms with Crippen LogP contribution < -0.4 is 5.32 Å². The van der Waals surface area contributed by atoms with Crippen molar-refractivity contribution in [1.29, 1.82) is 0 Å². The van der Waals surface area contributed by atoms with E-state index in [9.17, 15) is 0 Å². The van der Waals surface area contributed by atoms with Gasteiger partial charge >= 0.3 is 0 Å². The van der Waals surface area contributed by atoms with Crippen molar-refractivity contribution in [2.75, 3.05) is 25.1 Å². The van der Waals surface area contributed by atoms with Gasteiger partial charge in [-0.05, 0) is 66.0 Å². The molecule has 0 radical (unpaired) electrons. The Bertz CT molecular complexity index is 348. The van der Waals surface area contributed by atoms with E-state index in [-0.39, 0.29) is 0 Å². The highest BCUT2D eigenvalue weighted by Crippen LogP contribution is 2.22. The van der Waals surface area contributed by atoms with Gasteiger partial charge in [0.05, 0.1) is 0 Å². The number of benzene rings is 1. The Morgan fingerprint density at radius 1 is 1.38 bits per heavy atom. The van der Waals surface area contributed by atoms with Crippen LogP contribution in [0.2, 0.25) is 0 Å². The third-order valence-corrected chi connectivity index (χ3v) is 4.36. The minimum atomic E-state index is 0.769. The Kier molecular flexibility index (Phi) is 4.46. The molecule has 3 heteroatoms. The molecule has 0 amide bonds. The molecule has 1 saturated heterocycles. The van der Waals surface area contributed by atoms with Crippen molar-refractivity contribution in [3.05, 3.63) is 27.3 Å². The number of hydrogen-bond donors (Lipinski definition) is 1. The zero-order valence-electron chi connectivity index (χ0n) is 9.63. The number of anilines is 1. The summed E-state index contributed by atoms with van der Waals surface area (Å²) in [6.07, 6.45) is 2.38. The van der Waals surface area contributed by atoms with E-state index in [4.69, 9.17) is 4.74 Å². The summed E-state index contributed by atoms with van der Waals surface area (Å²) in [6, 6.07) is 6.42. The molecule has 1 aromatic rings. The molecule has 0 spiro atoms. The minimum Gasteiger partial charge on any atom is -0.385 e. The summed E-state index contributed by atoms with van der Waals surface area (Å²) >= 11 is 2.38. The molecule has 2 nitrogen and oxygen atoms in total. The molecule has 0 bridgehead atoms. The van der Waals surface area contributed by atoms with Crippen LogP contribution in [0.25, 0.3) is 0 Å². The highest BCUT2D eigenvalue weighted by Gasteiger charge is 2.13. The average Bonchev–Trinajstić information content (AvgIpc) is 2.32. The quantitative estimate of drug-likeness (QED) is 0.857. The summed E-state index contributed by atoms with van der Waals surface area (Å²) in [5.41, 5.74) is 2.63. The van der Waals surface area contributed by atoms with Crippen molar-refractivity contribution in [3.8, 4) is 0 Å². The lowest BCUT2D eigenvalue weighted by Gasteiger charge is -2.23. The lowest BCUT2D eigenvalue weighted by Crippen LogP contribution is -2.22. The Morgan fingerprint density at radius 3 is 2.88 bits per heavy atom. The van der Waals surface area contributed by atoms with Gasteiger partial charge in [-0.1, -0.05) is 6.07 Å². The highest BCUT2D eigenvalue weighted by atomic mass is 127. The van der Waals surface area contributed by atoms with Gasteiger partial charge in [-0.3, -0.25) is 0 Å². The highest BCUT2D eigenvalue weighted by molar-refractivity contribution is 14.1. The second-order valence-electron chi connectivity index (χ2n) is 4.35. The topological polar surface area (TPSA) is 21.3 Å². The maximum absolute atomic E-state index is 5.37. The maximum atomic E-state index is 5.37. The summed E-state index contributed by atoms with van der Waals surface area (Å²) in [5, 5.41) is 3.56. The van der Waals surface area contributed by atoms with Crippen molar-refractivity contribution < 1.29 is 4.74 Å². The SMILES string of the molecule is Cc1c(I)cccc1NCC1CCOCC1. The van der Waals surface area contributed by atoms with E-state index in [1.807, 2.05) is 0 Å². The zero-order valence-corrected chi connectivity index (χ0v) is 11.8. The van der Waals surface area contributed by atoms with E-state index in [1.165, 1.54) is 27.7 Å². The molecular formula is C13H18INO. The molecule has 0 unspecified atom stereocenters. The van der Waals surface area contributed by atoms with Gasteiger partial charge in [-0.25, -0.2) is 0 Å². The van der Waals surface area contributed by atoms with Crippen molar-refractivity contribution in [1.82, 2.24) is 0 Å². The van der Waals surface area contributed by atoms with E-state index >= 15 is 0 Å². The van der Waals surface area contributed by atoms with Crippen LogP contribution in [0.15, 0.2) is 18.2 Å². The normalized spacial score (nSPS) is 17.4. The van der Waals surface area contributed by atoms with Gasteiger partial charge < -0.3 is 10.1 Å². The van der Waals surface area contributed by atoms with E-state index < -0.39 is 0 Å². The van der Waals surface area contributed by atoms with Crippen molar-refractivity contribution >= 4 is 28.3 Å². The molecule has 1 fully saturated rings. The molecule has 0 atom stereocenters. The maximum Gasteiger partial charge on any atom is 0.0469 e. The molecule has 0 aromatic heterocycles. The average molecular weight is 331 g/mol. The first kappa shape index (κ1) is 12.2. The van der Waals surface area contributed by atoms with Crippen LogP contribution >= 0.6 is 22.6 Å². The van der Waals surface area contributed by atoms with Gasteiger partial charge in [-0.15, -0.1) is 0 Å². The lowest BCUT2D eigenvalue weighted by molar-refractivity contribution is 0.0699. The van der Waals surface area contributed by atoms with Crippen molar-refractivity contribution in [3.63, 3.8) is 0 Å². The van der Waals surface area contributed by atoms with Gasteiger partial charge in [0.1, 0.15) is 0 Å². The second-order valence-corrected chi connectivity index (χ2v) is 5.51. The molecule has 2 rings (SSSR count). The molecule has 1 heterocycles. The molecule has 88 valence electrons. The monoisotopic (exact) mass is 331 g/mol. The first-order valence-corrected chi connectivity index (χ1v) is 6.92. The molecule has 16 heavy (non-hydrogen) atoms. The summed E-state index contributed by atoms with van der Waals surface area (Å²) in [5.74, 6) is 0.769. The predicted octanol–water partition coefficient (Wildman–Crippen LogP) is 3.44. The number of rotatable bonds is 3. The summed E-state index contributed by atoms with van der Waals surface area (Å²) in [7, 11) is 0. The number of hydrogen-bond acceptors (Lipinski definition) is 2. The van der Waals surface area contributed by atoms with Crippen LogP contribution in [0, 0.1) is 16.4 Å². The Labute approximate surface area is 111 Å². The van der Waals surface area contributed by atoms with E-state index in [1.54, 1.807) is 0 Å². The molecule has 1 aliphatic rings. The van der Waals surface area contributed by atoms with Crippen molar-refractivity contribution in [2.45, 2.75) is 19.8 Å². The van der Waals surface area contributed by atoms with Crippen LogP contribution in [-0.4, -0.2) is 19.8 Å². The van der Waals surface area contributed by atoms with Crippen LogP contribution in [0.5, 0.6) is 0 Å². The Hall–Kier alpha value is -0.290. The van der Waals surface area contributed by atoms with Gasteiger partial charge in [0.25, 0.3) is 0 Å². The van der Waals surface area contributed by atoms with E-state index in [2.05, 4.69) is 53.0 Å². The number of nitrogens with one attached hydrogen (secondary N) is 1. The van der Waals surface area contributed by atoms with Gasteiger partial charge in [0.2, 0.25) is 0 Å². The molecule has 0 aliphatic carbocycles. The molecule has 1 aromatic carbocycles. The third kappa shape index (κ3) is 3.10. The third-order valence-electron chi connectivity index (χ3n) is 3.19. The largest absolute Gasteiger partial charge is 0.385 e. The van der Waals surface area contributed by atoms with Gasteiger partial charge in [0, 0.05) is 29.0 Å². The van der Waals surface area contributed by atoms with Crippen molar-refractivity contribution in [2.24, 2.45) is 5.92 Å². The minimum absolute atomic E-state index is 0.769. The second kappa shape index (κ2) is 5.87. The Balaban J connectivity index is 1.91. The standard InChI is InChI=1S/C13H18INO/c1-10-12(14)3-2-4-13(10)15-9-11-5-7-16-8-6-11/h2-4,11,15H,5-9H2,1H3.